The van der Waals surface area contributed by atoms with Crippen molar-refractivity contribution in [3.8, 4) is 0 Å². The largest absolute Gasteiger partial charge is 0.352 e. The highest BCUT2D eigenvalue weighted by atomic mass is 35.5. The Bertz CT molecular complexity index is 1750. The fourth-order valence-electron chi connectivity index (χ4n) is 5.72. The number of para-hydroxylation sites is 1. The molecule has 4 aromatic carbocycles. The van der Waals surface area contributed by atoms with E-state index in [4.69, 9.17) is 23.2 Å². The first-order chi connectivity index (χ1) is 22.1. The molecule has 1 N–H and O–H groups in total. The smallest absolute Gasteiger partial charge is 0.264 e. The second-order valence-electron chi connectivity index (χ2n) is 11.6. The highest BCUT2D eigenvalue weighted by Gasteiger charge is 2.35. The summed E-state index contributed by atoms with van der Waals surface area (Å²) < 4.78 is 29.3. The van der Waals surface area contributed by atoms with Crippen molar-refractivity contribution in [3.05, 3.63) is 130 Å². The van der Waals surface area contributed by atoms with Crippen LogP contribution in [0.1, 0.15) is 42.4 Å². The molecule has 0 spiro atoms. The number of rotatable bonds is 12. The number of amides is 2. The number of aryl methyl sites for hydroxylation is 1. The molecule has 5 rings (SSSR count). The highest BCUT2D eigenvalue weighted by Crippen LogP contribution is 2.27. The van der Waals surface area contributed by atoms with Gasteiger partial charge in [-0.25, -0.2) is 8.42 Å². The van der Waals surface area contributed by atoms with E-state index in [0.717, 1.165) is 41.1 Å². The van der Waals surface area contributed by atoms with E-state index in [-0.39, 0.29) is 29.8 Å². The molecule has 7 nitrogen and oxygen atoms in total. The Kier molecular flexibility index (Phi) is 11.0. The molecule has 1 saturated carbocycles. The SMILES string of the molecule is Cc1ccc(S(=O)(=O)N(CC(=O)N(Cc2ccc(Cl)c(Cl)c2)[C@@H](Cc2ccccc2)C(=O)NC2CCCC2)c2ccccc2)cc1. The Morgan fingerprint density at radius 3 is 2.09 bits per heavy atom. The number of benzene rings is 4. The van der Waals surface area contributed by atoms with Crippen LogP contribution in [0.25, 0.3) is 0 Å². The summed E-state index contributed by atoms with van der Waals surface area (Å²) in [6, 6.07) is 28.7. The minimum atomic E-state index is -4.16. The van der Waals surface area contributed by atoms with Crippen LogP contribution in [0.2, 0.25) is 10.0 Å². The first kappa shape index (κ1) is 33.5. The van der Waals surface area contributed by atoms with Gasteiger partial charge in [-0.2, -0.15) is 0 Å². The molecule has 0 heterocycles. The van der Waals surface area contributed by atoms with E-state index < -0.39 is 28.5 Å². The topological polar surface area (TPSA) is 86.8 Å². The zero-order valence-corrected chi connectivity index (χ0v) is 27.9. The predicted octanol–water partition coefficient (Wildman–Crippen LogP) is 7.20. The third kappa shape index (κ3) is 8.29. The Labute approximate surface area is 281 Å². The number of nitrogens with one attached hydrogen (secondary N) is 1. The molecule has 46 heavy (non-hydrogen) atoms. The number of carbonyl (C=O) groups is 2. The van der Waals surface area contributed by atoms with Gasteiger partial charge in [-0.3, -0.25) is 13.9 Å². The first-order valence-electron chi connectivity index (χ1n) is 15.3. The molecule has 2 amide bonds. The minimum Gasteiger partial charge on any atom is -0.352 e. The van der Waals surface area contributed by atoms with Gasteiger partial charge in [0, 0.05) is 19.0 Å². The Morgan fingerprint density at radius 1 is 0.826 bits per heavy atom. The molecule has 0 saturated heterocycles. The van der Waals surface area contributed by atoms with Crippen LogP contribution in [0.4, 0.5) is 5.69 Å². The van der Waals surface area contributed by atoms with Crippen LogP contribution in [0.15, 0.2) is 108 Å². The lowest BCUT2D eigenvalue weighted by atomic mass is 10.0. The lowest BCUT2D eigenvalue weighted by molar-refractivity contribution is -0.140. The number of carbonyl (C=O) groups excluding carboxylic acids is 2. The van der Waals surface area contributed by atoms with E-state index >= 15 is 0 Å². The van der Waals surface area contributed by atoms with Crippen molar-refractivity contribution in [2.75, 3.05) is 10.8 Å². The zero-order chi connectivity index (χ0) is 32.7. The summed E-state index contributed by atoms with van der Waals surface area (Å²) in [5.74, 6) is -0.815. The van der Waals surface area contributed by atoms with Crippen LogP contribution in [-0.4, -0.2) is 43.8 Å². The Morgan fingerprint density at radius 2 is 1.46 bits per heavy atom. The van der Waals surface area contributed by atoms with E-state index in [1.165, 1.54) is 17.0 Å². The zero-order valence-electron chi connectivity index (χ0n) is 25.6. The van der Waals surface area contributed by atoms with Crippen LogP contribution >= 0.6 is 23.2 Å². The van der Waals surface area contributed by atoms with Gasteiger partial charge in [0.15, 0.2) is 0 Å². The lowest BCUT2D eigenvalue weighted by Gasteiger charge is -2.34. The molecule has 1 aliphatic rings. The molecular formula is C36H37Cl2N3O4S. The second kappa shape index (κ2) is 15.2. The maximum atomic E-state index is 14.6. The molecular weight excluding hydrogens is 641 g/mol. The molecule has 0 aromatic heterocycles. The van der Waals surface area contributed by atoms with Crippen molar-refractivity contribution in [1.82, 2.24) is 10.2 Å². The van der Waals surface area contributed by atoms with Crippen LogP contribution in [-0.2, 0) is 32.6 Å². The highest BCUT2D eigenvalue weighted by molar-refractivity contribution is 7.92. The fraction of sp³-hybridized carbons (Fsp3) is 0.278. The molecule has 0 unspecified atom stereocenters. The summed E-state index contributed by atoms with van der Waals surface area (Å²) in [7, 11) is -4.16. The molecule has 0 radical (unpaired) electrons. The maximum Gasteiger partial charge on any atom is 0.264 e. The van der Waals surface area contributed by atoms with Crippen molar-refractivity contribution in [1.29, 1.82) is 0 Å². The van der Waals surface area contributed by atoms with Gasteiger partial charge in [0.05, 0.1) is 20.6 Å². The standard InChI is InChI=1S/C36H37Cl2N3O4S/c1-26-16-19-31(20-17-26)46(44,45)41(30-14-6-3-7-15-30)25-35(42)40(24-28-18-21-32(37)33(38)22-28)34(23-27-10-4-2-5-11-27)36(43)39-29-12-8-9-13-29/h2-7,10-11,14-22,29,34H,8-9,12-13,23-25H2,1H3,(H,39,43)/t34-/m0/s1. The number of hydrogen-bond acceptors (Lipinski definition) is 4. The van der Waals surface area contributed by atoms with Crippen LogP contribution in [0.5, 0.6) is 0 Å². The van der Waals surface area contributed by atoms with E-state index in [9.17, 15) is 18.0 Å². The van der Waals surface area contributed by atoms with Crippen LogP contribution in [0, 0.1) is 6.92 Å². The van der Waals surface area contributed by atoms with Gasteiger partial charge >= 0.3 is 0 Å². The van der Waals surface area contributed by atoms with E-state index in [0.29, 0.717) is 21.3 Å². The average molecular weight is 679 g/mol. The molecule has 0 aliphatic heterocycles. The summed E-state index contributed by atoms with van der Waals surface area (Å²) in [6.45, 7) is 1.36. The quantitative estimate of drug-likeness (QED) is 0.172. The fourth-order valence-corrected chi connectivity index (χ4v) is 7.45. The first-order valence-corrected chi connectivity index (χ1v) is 17.5. The third-order valence-corrected chi connectivity index (χ3v) is 10.8. The normalized spacial score (nSPS) is 14.1. The lowest BCUT2D eigenvalue weighted by Crippen LogP contribution is -2.54. The van der Waals surface area contributed by atoms with Gasteiger partial charge in [0.1, 0.15) is 12.6 Å². The van der Waals surface area contributed by atoms with Crippen molar-refractivity contribution in [3.63, 3.8) is 0 Å². The number of anilines is 1. The van der Waals surface area contributed by atoms with Crippen molar-refractivity contribution >= 4 is 50.7 Å². The number of nitrogens with zero attached hydrogens (tertiary/aromatic N) is 2. The number of halogens is 2. The molecule has 1 aliphatic carbocycles. The van der Waals surface area contributed by atoms with Crippen LogP contribution in [0.3, 0.4) is 0 Å². The second-order valence-corrected chi connectivity index (χ2v) is 14.3. The van der Waals surface area contributed by atoms with Gasteiger partial charge < -0.3 is 10.2 Å². The average Bonchev–Trinajstić information content (AvgIpc) is 3.57. The van der Waals surface area contributed by atoms with E-state index in [1.54, 1.807) is 60.7 Å². The maximum absolute atomic E-state index is 14.6. The number of hydrogen-bond donors (Lipinski definition) is 1. The molecule has 1 atom stereocenters. The monoisotopic (exact) mass is 677 g/mol. The summed E-state index contributed by atoms with van der Waals surface area (Å²) in [5.41, 5.74) is 2.77. The van der Waals surface area contributed by atoms with E-state index in [1.807, 2.05) is 37.3 Å². The molecule has 240 valence electrons. The summed E-state index contributed by atoms with van der Waals surface area (Å²) in [5, 5.41) is 3.85. The molecule has 4 aromatic rings. The van der Waals surface area contributed by atoms with Gasteiger partial charge in [0.25, 0.3) is 10.0 Å². The van der Waals surface area contributed by atoms with Gasteiger partial charge in [0.2, 0.25) is 11.8 Å². The van der Waals surface area contributed by atoms with Crippen molar-refractivity contribution in [2.45, 2.75) is 62.6 Å². The predicted molar refractivity (Wildman–Crippen MR) is 183 cm³/mol. The van der Waals surface area contributed by atoms with Gasteiger partial charge in [-0.15, -0.1) is 0 Å². The van der Waals surface area contributed by atoms with Crippen LogP contribution < -0.4 is 9.62 Å². The minimum absolute atomic E-state index is 0.0124. The molecule has 1 fully saturated rings. The van der Waals surface area contributed by atoms with Crippen molar-refractivity contribution in [2.24, 2.45) is 0 Å². The van der Waals surface area contributed by atoms with Gasteiger partial charge in [-0.05, 0) is 67.3 Å². The summed E-state index contributed by atoms with van der Waals surface area (Å²) in [4.78, 5) is 30.2. The Hall–Kier alpha value is -3.85. The van der Waals surface area contributed by atoms with Gasteiger partial charge in [-0.1, -0.05) is 108 Å². The summed E-state index contributed by atoms with van der Waals surface area (Å²) in [6.07, 6.45) is 4.05. The number of sulfonamides is 1. The Balaban J connectivity index is 1.56. The third-order valence-electron chi connectivity index (χ3n) is 8.24. The van der Waals surface area contributed by atoms with Crippen molar-refractivity contribution < 1.29 is 18.0 Å². The molecule has 0 bridgehead atoms. The van der Waals surface area contributed by atoms with E-state index in [2.05, 4.69) is 5.32 Å². The molecule has 10 heteroatoms. The summed E-state index contributed by atoms with van der Waals surface area (Å²) >= 11 is 12.6.